The molecule has 0 saturated carbocycles. The summed E-state index contributed by atoms with van der Waals surface area (Å²) in [7, 11) is 9.71. The molecule has 0 aliphatic heterocycles. The van der Waals surface area contributed by atoms with Gasteiger partial charge in [0.25, 0.3) is 0 Å². The van der Waals surface area contributed by atoms with Gasteiger partial charge in [0, 0.05) is 0 Å². The van der Waals surface area contributed by atoms with Crippen LogP contribution in [0.15, 0.2) is 60.7 Å². The second-order valence-corrected chi connectivity index (χ2v) is 4.61. The van der Waals surface area contributed by atoms with Crippen LogP contribution in [0.3, 0.4) is 0 Å². The molecule has 2 rings (SSSR count). The Morgan fingerprint density at radius 3 is 1.00 bits per heavy atom. The monoisotopic (exact) mass is 302 g/mol. The molecule has 3 heteroatoms. The average Bonchev–Trinajstić information content (AvgIpc) is 2.85. The summed E-state index contributed by atoms with van der Waals surface area (Å²) >= 11 is -0.346. The van der Waals surface area contributed by atoms with Gasteiger partial charge < -0.3 is 0 Å². The molecular formula is C10H10Cl2Ru. The fraction of sp³-hybridized carbons (Fsp3) is 0. The van der Waals surface area contributed by atoms with Crippen LogP contribution in [0.25, 0.3) is 0 Å². The Hall–Kier alpha value is -0.0966. The second-order valence-electron chi connectivity index (χ2n) is 1.98. The quantitative estimate of drug-likeness (QED) is 0.506. The molecule has 13 heavy (non-hydrogen) atoms. The normalized spacial score (nSPS) is 7.54. The summed E-state index contributed by atoms with van der Waals surface area (Å²) in [5.74, 6) is 0. The molecule has 0 spiro atoms. The molecule has 2 aromatic rings. The van der Waals surface area contributed by atoms with E-state index in [0.29, 0.717) is 0 Å². The summed E-state index contributed by atoms with van der Waals surface area (Å²) in [4.78, 5) is 0. The molecule has 0 saturated heterocycles. The van der Waals surface area contributed by atoms with Gasteiger partial charge in [-0.25, -0.2) is 24.3 Å². The first-order chi connectivity index (χ1) is 6.41. The number of hydrogen-bond donors (Lipinski definition) is 0. The summed E-state index contributed by atoms with van der Waals surface area (Å²) < 4.78 is 0. The Morgan fingerprint density at radius 1 is 0.692 bits per heavy atom. The fourth-order valence-corrected chi connectivity index (χ4v) is 0.642. The maximum atomic E-state index is 4.85. The van der Waals surface area contributed by atoms with Gasteiger partial charge in [-0.15, -0.1) is 0 Å². The van der Waals surface area contributed by atoms with Crippen molar-refractivity contribution < 1.29 is 15.1 Å². The molecule has 0 atom stereocenters. The summed E-state index contributed by atoms with van der Waals surface area (Å²) in [6.07, 6.45) is 0. The molecule has 0 N–H and O–H groups in total. The molecular weight excluding hydrogens is 292 g/mol. The predicted octanol–water partition coefficient (Wildman–Crippen LogP) is 4.19. The number of hydrogen-bond acceptors (Lipinski definition) is 0. The molecule has 0 aromatic heterocycles. The summed E-state index contributed by atoms with van der Waals surface area (Å²) in [5, 5.41) is 0. The van der Waals surface area contributed by atoms with Crippen molar-refractivity contribution in [2.24, 2.45) is 0 Å². The molecule has 0 heterocycles. The Morgan fingerprint density at radius 2 is 0.923 bits per heavy atom. The first kappa shape index (κ1) is 12.9. The minimum absolute atomic E-state index is 0.346. The van der Waals surface area contributed by atoms with Crippen molar-refractivity contribution in [2.45, 2.75) is 0 Å². The third-order valence-electron chi connectivity index (χ3n) is 1.11. The maximum absolute atomic E-state index is 4.85. The van der Waals surface area contributed by atoms with Crippen LogP contribution in [0.5, 0.6) is 0 Å². The van der Waals surface area contributed by atoms with E-state index in [2.05, 4.69) is 0 Å². The van der Waals surface area contributed by atoms with E-state index in [9.17, 15) is 0 Å². The number of halogens is 2. The Balaban J connectivity index is 0.000000174. The largest absolute Gasteiger partial charge is 0.214 e. The van der Waals surface area contributed by atoms with Gasteiger partial charge in [0.1, 0.15) is 0 Å². The van der Waals surface area contributed by atoms with Gasteiger partial charge >= 0.3 is 34.5 Å². The molecule has 0 fully saturated rings. The summed E-state index contributed by atoms with van der Waals surface area (Å²) in [6.45, 7) is 0. The van der Waals surface area contributed by atoms with Crippen LogP contribution in [-0.2, 0) is 15.1 Å². The molecule has 0 unspecified atom stereocenters. The van der Waals surface area contributed by atoms with Crippen molar-refractivity contribution in [1.29, 1.82) is 0 Å². The van der Waals surface area contributed by atoms with Gasteiger partial charge in [0.2, 0.25) is 0 Å². The average molecular weight is 302 g/mol. The van der Waals surface area contributed by atoms with Gasteiger partial charge in [-0.1, -0.05) is 0 Å². The molecule has 0 aliphatic carbocycles. The van der Waals surface area contributed by atoms with Crippen LogP contribution in [0, 0.1) is 0 Å². The van der Waals surface area contributed by atoms with Crippen molar-refractivity contribution in [1.82, 2.24) is 0 Å². The maximum Gasteiger partial charge on any atom is -0.172 e. The number of rotatable bonds is 0. The SMILES string of the molecule is [Cl][Ru+2][Cl].c1cc[cH-]c1.c1cc[cH-]c1. The van der Waals surface area contributed by atoms with E-state index >= 15 is 0 Å². The van der Waals surface area contributed by atoms with Crippen LogP contribution in [0.2, 0.25) is 0 Å². The third-order valence-corrected chi connectivity index (χ3v) is 1.11. The topological polar surface area (TPSA) is 0 Å². The molecule has 72 valence electrons. The van der Waals surface area contributed by atoms with Crippen molar-refractivity contribution in [3.63, 3.8) is 0 Å². The van der Waals surface area contributed by atoms with E-state index < -0.39 is 0 Å². The minimum Gasteiger partial charge on any atom is -0.214 e. The standard InChI is InChI=1S/2C5H5.2ClH.Ru/c2*1-2-4-5-3-1;;;/h2*1-5H;2*1H;/q2*-1;;;+4/p-2. The zero-order valence-corrected chi connectivity index (χ0v) is 10.1. The second kappa shape index (κ2) is 11.9. The molecule has 0 amide bonds. The molecule has 0 radical (unpaired) electrons. The molecule has 0 nitrogen and oxygen atoms in total. The van der Waals surface area contributed by atoms with E-state index in [4.69, 9.17) is 19.4 Å². The van der Waals surface area contributed by atoms with Crippen molar-refractivity contribution in [3.05, 3.63) is 60.7 Å². The zero-order chi connectivity index (χ0) is 9.78. The van der Waals surface area contributed by atoms with E-state index in [1.165, 1.54) is 0 Å². The van der Waals surface area contributed by atoms with Crippen LogP contribution < -0.4 is 0 Å². The van der Waals surface area contributed by atoms with Gasteiger partial charge in [0.05, 0.1) is 0 Å². The van der Waals surface area contributed by atoms with Gasteiger partial charge in [0.15, 0.2) is 0 Å². The van der Waals surface area contributed by atoms with Crippen LogP contribution >= 0.6 is 19.4 Å². The van der Waals surface area contributed by atoms with Gasteiger partial charge in [-0.3, -0.25) is 0 Å². The molecule has 2 aromatic carbocycles. The summed E-state index contributed by atoms with van der Waals surface area (Å²) in [6, 6.07) is 20.0. The first-order valence-corrected chi connectivity index (χ1v) is 8.08. The van der Waals surface area contributed by atoms with Gasteiger partial charge in [-0.2, -0.15) is 36.4 Å². The van der Waals surface area contributed by atoms with Gasteiger partial charge in [-0.05, 0) is 0 Å². The van der Waals surface area contributed by atoms with Crippen molar-refractivity contribution in [3.8, 4) is 0 Å². The smallest absolute Gasteiger partial charge is 0.172 e. The van der Waals surface area contributed by atoms with Crippen LogP contribution in [0.1, 0.15) is 0 Å². The van der Waals surface area contributed by atoms with Crippen molar-refractivity contribution >= 4 is 19.4 Å². The van der Waals surface area contributed by atoms with E-state index in [-0.39, 0.29) is 15.1 Å². The molecule has 0 bridgehead atoms. The fourth-order valence-electron chi connectivity index (χ4n) is 0.642. The van der Waals surface area contributed by atoms with E-state index in [0.717, 1.165) is 0 Å². The summed E-state index contributed by atoms with van der Waals surface area (Å²) in [5.41, 5.74) is 0. The van der Waals surface area contributed by atoms with Crippen LogP contribution in [-0.4, -0.2) is 0 Å². The Kier molecular flexibility index (Phi) is 11.8. The first-order valence-electron chi connectivity index (χ1n) is 3.60. The van der Waals surface area contributed by atoms with E-state index in [1.807, 2.05) is 60.7 Å². The Bertz CT molecular complexity index is 165. The predicted molar refractivity (Wildman–Crippen MR) is 55.8 cm³/mol. The molecule has 0 aliphatic rings. The van der Waals surface area contributed by atoms with E-state index in [1.54, 1.807) is 0 Å². The Labute approximate surface area is 94.9 Å². The minimum atomic E-state index is -0.346. The third kappa shape index (κ3) is 11.9. The van der Waals surface area contributed by atoms with Crippen LogP contribution in [0.4, 0.5) is 0 Å². The van der Waals surface area contributed by atoms with Crippen molar-refractivity contribution in [2.75, 3.05) is 0 Å². The zero-order valence-electron chi connectivity index (χ0n) is 6.88.